The first kappa shape index (κ1) is 25.4. The topological polar surface area (TPSA) is 101 Å². The van der Waals surface area contributed by atoms with Crippen LogP contribution in [0, 0.1) is 0 Å². The van der Waals surface area contributed by atoms with Crippen LogP contribution in [0.1, 0.15) is 13.8 Å². The molecule has 26 heavy (non-hydrogen) atoms. The summed E-state index contributed by atoms with van der Waals surface area (Å²) in [6, 6.07) is 0. The lowest BCUT2D eigenvalue weighted by Crippen LogP contribution is -2.37. The molecule has 0 aliphatic rings. The predicted molar refractivity (Wildman–Crippen MR) is 107 cm³/mol. The van der Waals surface area contributed by atoms with Crippen molar-refractivity contribution in [2.24, 2.45) is 5.16 Å². The minimum atomic E-state index is -3.02. The molecular formula is C12H25N4O6PS3. The number of rotatable bonds is 8. The van der Waals surface area contributed by atoms with E-state index in [-0.39, 0.29) is 18.3 Å². The molecule has 0 aromatic carbocycles. The maximum absolute atomic E-state index is 12.6. The molecule has 0 fully saturated rings. The van der Waals surface area contributed by atoms with Crippen molar-refractivity contribution < 1.29 is 27.7 Å². The zero-order valence-corrected chi connectivity index (χ0v) is 19.2. The van der Waals surface area contributed by atoms with Gasteiger partial charge in [-0.25, -0.2) is 13.3 Å². The summed E-state index contributed by atoms with van der Waals surface area (Å²) in [5, 5.41) is 3.50. The van der Waals surface area contributed by atoms with Crippen molar-refractivity contribution >= 4 is 58.4 Å². The summed E-state index contributed by atoms with van der Waals surface area (Å²) in [6.07, 6.45) is 0.590. The summed E-state index contributed by atoms with van der Waals surface area (Å²) < 4.78 is 25.4. The zero-order valence-electron chi connectivity index (χ0n) is 15.8. The molecule has 0 bridgehead atoms. The van der Waals surface area contributed by atoms with Crippen LogP contribution in [-0.4, -0.2) is 82.2 Å². The maximum Gasteiger partial charge on any atom is 0.448 e. The Morgan fingerprint density at radius 2 is 1.65 bits per heavy atom. The van der Waals surface area contributed by atoms with Crippen LogP contribution in [0.25, 0.3) is 0 Å². The lowest BCUT2D eigenvalue weighted by molar-refractivity contribution is -0.121. The molecule has 0 saturated heterocycles. The Balaban J connectivity index is 5.19. The first-order valence-electron chi connectivity index (χ1n) is 7.39. The Morgan fingerprint density at radius 1 is 1.15 bits per heavy atom. The molecule has 0 aromatic heterocycles. The van der Waals surface area contributed by atoms with E-state index in [2.05, 4.69) is 5.16 Å². The van der Waals surface area contributed by atoms with E-state index in [9.17, 15) is 13.8 Å². The molecule has 14 heteroatoms. The Kier molecular flexibility index (Phi) is 11.7. The summed E-state index contributed by atoms with van der Waals surface area (Å²) in [4.78, 5) is 29.9. The van der Waals surface area contributed by atoms with Crippen molar-refractivity contribution in [1.29, 1.82) is 0 Å². The van der Waals surface area contributed by atoms with Gasteiger partial charge in [-0.05, 0) is 31.9 Å². The van der Waals surface area contributed by atoms with E-state index in [1.54, 1.807) is 34.2 Å². The fourth-order valence-electron chi connectivity index (χ4n) is 1.35. The van der Waals surface area contributed by atoms with E-state index in [4.69, 9.17) is 25.7 Å². The van der Waals surface area contributed by atoms with Gasteiger partial charge in [0.15, 0.2) is 0 Å². The maximum atomic E-state index is 12.6. The first-order chi connectivity index (χ1) is 12.0. The van der Waals surface area contributed by atoms with Gasteiger partial charge in [-0.2, -0.15) is 0 Å². The highest BCUT2D eigenvalue weighted by Crippen LogP contribution is 2.52. The predicted octanol–water partition coefficient (Wildman–Crippen LogP) is 1.63. The molecule has 0 radical (unpaired) electrons. The molecular weight excluding hydrogens is 423 g/mol. The number of nitrogens with zero attached hydrogens (tertiary/aromatic N) is 4. The average Bonchev–Trinajstić information content (AvgIpc) is 2.60. The van der Waals surface area contributed by atoms with E-state index in [0.29, 0.717) is 0 Å². The van der Waals surface area contributed by atoms with Crippen molar-refractivity contribution in [3.05, 3.63) is 0 Å². The van der Waals surface area contributed by atoms with Gasteiger partial charge in [-0.3, -0.25) is 9.63 Å². The van der Waals surface area contributed by atoms with E-state index < -0.39 is 29.8 Å². The number of oxime groups is 1. The quantitative estimate of drug-likeness (QED) is 0.182. The van der Waals surface area contributed by atoms with Crippen molar-refractivity contribution in [3.8, 4) is 0 Å². The van der Waals surface area contributed by atoms with Crippen LogP contribution in [0.5, 0.6) is 0 Å². The van der Waals surface area contributed by atoms with Crippen LogP contribution < -0.4 is 0 Å². The van der Waals surface area contributed by atoms with Gasteiger partial charge in [0.2, 0.25) is 16.2 Å². The second-order valence-electron chi connectivity index (χ2n) is 4.65. The van der Waals surface area contributed by atoms with Gasteiger partial charge >= 0.3 is 6.09 Å². The Bertz CT molecular complexity index is 594. The monoisotopic (exact) mass is 448 g/mol. The van der Waals surface area contributed by atoms with Crippen LogP contribution in [0.3, 0.4) is 0 Å². The molecule has 152 valence electrons. The summed E-state index contributed by atoms with van der Waals surface area (Å²) in [7, 11) is 5.76. The third-order valence-electron chi connectivity index (χ3n) is 2.64. The van der Waals surface area contributed by atoms with Crippen molar-refractivity contribution in [1.82, 2.24) is 13.3 Å². The van der Waals surface area contributed by atoms with Gasteiger partial charge in [0.1, 0.15) is 0 Å². The van der Waals surface area contributed by atoms with Gasteiger partial charge in [0, 0.05) is 28.2 Å². The van der Waals surface area contributed by atoms with Crippen molar-refractivity contribution in [3.63, 3.8) is 0 Å². The minimum Gasteiger partial charge on any atom is -0.343 e. The minimum absolute atomic E-state index is 0.0235. The number of hydrogen-bond acceptors (Lipinski definition) is 9. The molecule has 0 spiro atoms. The van der Waals surface area contributed by atoms with E-state index >= 15 is 0 Å². The lowest BCUT2D eigenvalue weighted by Gasteiger charge is -2.30. The van der Waals surface area contributed by atoms with E-state index in [1.165, 1.54) is 23.1 Å². The Hall–Kier alpha value is -0.560. The fraction of sp³-hybridized carbons (Fsp3) is 0.750. The van der Waals surface area contributed by atoms with E-state index in [1.807, 2.05) is 0 Å². The van der Waals surface area contributed by atoms with Crippen molar-refractivity contribution in [2.75, 3.05) is 47.7 Å². The van der Waals surface area contributed by atoms with Crippen LogP contribution in [0.4, 0.5) is 4.79 Å². The number of carbonyl (C=O) groups excluding carboxylic acids is 2. The van der Waals surface area contributed by atoms with Gasteiger partial charge in [0.25, 0.3) is 12.5 Å². The first-order valence-corrected chi connectivity index (χ1v) is 12.3. The second-order valence-corrected chi connectivity index (χ2v) is 10.7. The molecule has 10 nitrogen and oxygen atoms in total. The van der Waals surface area contributed by atoms with Crippen LogP contribution >= 0.6 is 18.4 Å². The Morgan fingerprint density at radius 3 is 2.04 bits per heavy atom. The molecule has 0 aromatic rings. The van der Waals surface area contributed by atoms with Gasteiger partial charge in [-0.15, -0.1) is 15.8 Å². The number of carbonyl (C=O) groups is 2. The third kappa shape index (κ3) is 7.22. The standard InChI is InChI=1S/C12H25N4O6PS3/c1-8-20-23(24,21-9-2)16(6)26(19)15(5)12(18)22-13-10(25-7)11(17)14(3)4/h8-9H2,1-7H3. The molecule has 0 N–H and O–H groups in total. The van der Waals surface area contributed by atoms with Crippen molar-refractivity contribution in [2.45, 2.75) is 13.8 Å². The molecule has 0 heterocycles. The zero-order chi connectivity index (χ0) is 20.5. The summed E-state index contributed by atoms with van der Waals surface area (Å²) in [5.41, 5.74) is 0. The second kappa shape index (κ2) is 12.0. The largest absolute Gasteiger partial charge is 0.448 e. The third-order valence-corrected chi connectivity index (χ3v) is 8.94. The molecule has 2 amide bonds. The molecule has 1 unspecified atom stereocenters. The lowest BCUT2D eigenvalue weighted by atomic mass is 10.6. The number of thioether (sulfide) groups is 1. The molecule has 0 rings (SSSR count). The van der Waals surface area contributed by atoms with E-state index in [0.717, 1.165) is 16.1 Å². The van der Waals surface area contributed by atoms with Crippen LogP contribution in [-0.2, 0) is 41.7 Å². The highest BCUT2D eigenvalue weighted by Gasteiger charge is 2.33. The molecule has 0 saturated carbocycles. The average molecular weight is 449 g/mol. The highest BCUT2D eigenvalue weighted by atomic mass is 32.5. The summed E-state index contributed by atoms with van der Waals surface area (Å²) in [6.45, 7) is 0.976. The highest BCUT2D eigenvalue weighted by molar-refractivity contribution is 8.15. The van der Waals surface area contributed by atoms with Gasteiger partial charge in [-0.1, -0.05) is 5.16 Å². The van der Waals surface area contributed by atoms with Crippen LogP contribution in [0.2, 0.25) is 0 Å². The van der Waals surface area contributed by atoms with Gasteiger partial charge < -0.3 is 13.9 Å². The Labute approximate surface area is 166 Å². The molecule has 1 atom stereocenters. The fourth-order valence-corrected chi connectivity index (χ4v) is 5.82. The summed E-state index contributed by atoms with van der Waals surface area (Å²) >= 11 is 4.32. The molecule has 0 aliphatic carbocycles. The SMILES string of the molecule is CCOP(=S)(OCC)N(C)S(=O)N(C)C(=O)ON=C(SC)C(=O)N(C)C. The molecule has 0 aliphatic heterocycles. The smallest absolute Gasteiger partial charge is 0.343 e. The summed E-state index contributed by atoms with van der Waals surface area (Å²) in [5.74, 6) is -0.422. The van der Waals surface area contributed by atoms with Gasteiger partial charge in [0.05, 0.1) is 13.2 Å². The number of amides is 2. The normalized spacial score (nSPS) is 13.5. The number of hydrogen-bond donors (Lipinski definition) is 0. The van der Waals surface area contributed by atoms with Crippen LogP contribution in [0.15, 0.2) is 5.16 Å².